The van der Waals surface area contributed by atoms with Crippen molar-refractivity contribution in [3.05, 3.63) is 173 Å². The third-order valence-corrected chi connectivity index (χ3v) is 9.41. The van der Waals surface area contributed by atoms with Crippen LogP contribution in [0.15, 0.2) is 173 Å². The quantitative estimate of drug-likeness (QED) is 0.106. The van der Waals surface area contributed by atoms with E-state index in [1.165, 1.54) is 32.7 Å². The Balaban J connectivity index is 0.000000156. The first-order chi connectivity index (χ1) is 23.7. The fraction of sp³-hybridized carbons (Fsp3) is 0. The molecule has 0 radical (unpaired) electrons. The average molecular weight is 768 g/mol. The minimum atomic E-state index is -1.38. The molecule has 0 amide bonds. The van der Waals surface area contributed by atoms with Crippen molar-refractivity contribution in [1.82, 2.24) is 0 Å². The van der Waals surface area contributed by atoms with Gasteiger partial charge >= 0.3 is 7.12 Å². The number of hydrogen-bond acceptors (Lipinski definition) is 4. The molecular weight excluding hydrogens is 735 g/mol. The maximum Gasteiger partial charge on any atom is 0.488 e. The average Bonchev–Trinajstić information content (AvgIpc) is 3.13. The zero-order valence-electron chi connectivity index (χ0n) is 26.5. The summed E-state index contributed by atoms with van der Waals surface area (Å²) >= 11 is 6.60. The van der Waals surface area contributed by atoms with Crippen LogP contribution in [-0.4, -0.2) is 17.2 Å². The van der Waals surface area contributed by atoms with Crippen LogP contribution in [-0.2, 0) is 0 Å². The fourth-order valence-electron chi connectivity index (χ4n) is 5.58. The summed E-state index contributed by atoms with van der Waals surface area (Å²) < 4.78 is 1.96. The molecule has 49 heavy (non-hydrogen) atoms. The molecule has 8 rings (SSSR count). The zero-order valence-corrected chi connectivity index (χ0v) is 29.6. The molecule has 4 nitrogen and oxygen atoms in total. The summed E-state index contributed by atoms with van der Waals surface area (Å²) in [5, 5.41) is 25.0. The number of anilines is 2. The molecule has 240 valence electrons. The molecule has 7 heteroatoms. The van der Waals surface area contributed by atoms with Gasteiger partial charge in [-0.05, 0) is 113 Å². The van der Waals surface area contributed by atoms with Crippen LogP contribution in [0.1, 0.15) is 0 Å². The highest BCUT2D eigenvalue weighted by molar-refractivity contribution is 9.11. The highest BCUT2D eigenvalue weighted by Gasteiger charge is 2.10. The van der Waals surface area contributed by atoms with Gasteiger partial charge in [0.15, 0.2) is 0 Å². The summed E-state index contributed by atoms with van der Waals surface area (Å²) in [6.07, 6.45) is 0. The van der Waals surface area contributed by atoms with Crippen molar-refractivity contribution in [2.24, 2.45) is 0 Å². The number of rotatable bonds is 3. The largest absolute Gasteiger partial charge is 0.488 e. The molecule has 0 heterocycles. The lowest BCUT2D eigenvalue weighted by Gasteiger charge is -2.11. The maximum atomic E-state index is 8.94. The van der Waals surface area contributed by atoms with Gasteiger partial charge in [0.05, 0.1) is 0 Å². The van der Waals surface area contributed by atoms with Crippen molar-refractivity contribution >= 4 is 88.1 Å². The molecule has 0 bridgehead atoms. The summed E-state index contributed by atoms with van der Waals surface area (Å²) in [4.78, 5) is 0. The van der Waals surface area contributed by atoms with Crippen molar-refractivity contribution in [1.29, 1.82) is 0 Å². The van der Waals surface area contributed by atoms with Crippen LogP contribution in [0.3, 0.4) is 0 Å². The Morgan fingerprint density at radius 2 is 0.857 bits per heavy atom. The Bertz CT molecular complexity index is 2400. The van der Waals surface area contributed by atoms with Crippen molar-refractivity contribution in [2.45, 2.75) is 0 Å². The van der Waals surface area contributed by atoms with Gasteiger partial charge in [0.2, 0.25) is 0 Å². The van der Waals surface area contributed by atoms with Crippen LogP contribution < -0.4 is 16.9 Å². The number of nitrogens with two attached hydrogens (primary N) is 2. The number of nitrogen functional groups attached to an aromatic ring is 2. The predicted molar refractivity (Wildman–Crippen MR) is 217 cm³/mol. The molecule has 0 spiro atoms. The minimum absolute atomic E-state index is 0.527. The van der Waals surface area contributed by atoms with Crippen LogP contribution >= 0.6 is 31.9 Å². The lowest BCUT2D eigenvalue weighted by molar-refractivity contribution is 0.426. The second kappa shape index (κ2) is 15.5. The van der Waals surface area contributed by atoms with Crippen LogP contribution in [0.25, 0.3) is 54.6 Å². The lowest BCUT2D eigenvalue weighted by atomic mass is 9.79. The van der Waals surface area contributed by atoms with Crippen molar-refractivity contribution < 1.29 is 10.0 Å². The molecule has 0 atom stereocenters. The molecule has 6 N–H and O–H groups in total. The molecule has 0 aliphatic carbocycles. The summed E-state index contributed by atoms with van der Waals surface area (Å²) in [6.45, 7) is 0. The standard InChI is InChI=1S/C26H19N.C10H9BO2.C6H5Br2N/c27-26-14-13-23(22-11-9-18-5-1-3-7-20(18)15-22)17-25(26)24-12-10-19-6-2-4-8-21(19)16-24;12-11(13)10-6-5-8-3-1-2-4-9(8)7-10;7-4-1-2-6(9)5(8)3-4/h1-17H,27H2;1-7,12-13H;1-3H,9H2. The Kier molecular flexibility index (Phi) is 10.8. The molecule has 0 aliphatic rings. The highest BCUT2D eigenvalue weighted by Crippen LogP contribution is 2.34. The van der Waals surface area contributed by atoms with Crippen molar-refractivity contribution in [3.8, 4) is 22.3 Å². The fourth-order valence-corrected chi connectivity index (χ4v) is 6.63. The van der Waals surface area contributed by atoms with Gasteiger partial charge in [-0.1, -0.05) is 137 Å². The Hall–Kier alpha value is -4.92. The summed E-state index contributed by atoms with van der Waals surface area (Å²) in [7, 11) is -1.38. The van der Waals surface area contributed by atoms with E-state index in [-0.39, 0.29) is 0 Å². The van der Waals surface area contributed by atoms with Crippen LogP contribution in [0, 0.1) is 0 Å². The van der Waals surface area contributed by atoms with Crippen molar-refractivity contribution in [3.63, 3.8) is 0 Å². The molecule has 8 aromatic rings. The SMILES string of the molecule is Nc1ccc(-c2ccc3ccccc3c2)cc1-c1ccc2ccccc2c1.Nc1ccc(Br)cc1Br.OB(O)c1ccc2ccccc2c1. The van der Waals surface area contributed by atoms with Gasteiger partial charge in [-0.2, -0.15) is 0 Å². The normalized spacial score (nSPS) is 10.6. The van der Waals surface area contributed by atoms with E-state index in [4.69, 9.17) is 21.5 Å². The van der Waals surface area contributed by atoms with Gasteiger partial charge in [-0.3, -0.25) is 0 Å². The molecule has 0 saturated heterocycles. The van der Waals surface area contributed by atoms with Gasteiger partial charge in [-0.25, -0.2) is 0 Å². The van der Waals surface area contributed by atoms with Crippen LogP contribution in [0.5, 0.6) is 0 Å². The summed E-state index contributed by atoms with van der Waals surface area (Å²) in [5.41, 5.74) is 18.6. The molecule has 0 aromatic heterocycles. The van der Waals surface area contributed by atoms with E-state index in [0.717, 1.165) is 42.2 Å². The van der Waals surface area contributed by atoms with E-state index in [2.05, 4.69) is 129 Å². The number of halogens is 2. The molecular formula is C42H33BBr2N2O2. The van der Waals surface area contributed by atoms with E-state index in [1.54, 1.807) is 12.1 Å². The van der Waals surface area contributed by atoms with Crippen LogP contribution in [0.2, 0.25) is 0 Å². The lowest BCUT2D eigenvalue weighted by Crippen LogP contribution is -2.29. The van der Waals surface area contributed by atoms with Gasteiger partial charge in [0.1, 0.15) is 0 Å². The van der Waals surface area contributed by atoms with E-state index in [1.807, 2.05) is 54.6 Å². The number of fused-ring (bicyclic) bond motifs is 3. The van der Waals surface area contributed by atoms with E-state index in [9.17, 15) is 0 Å². The Morgan fingerprint density at radius 3 is 1.41 bits per heavy atom. The topological polar surface area (TPSA) is 92.5 Å². The van der Waals surface area contributed by atoms with E-state index in [0.29, 0.717) is 5.46 Å². The molecule has 0 fully saturated rings. The Labute approximate surface area is 303 Å². The van der Waals surface area contributed by atoms with Crippen LogP contribution in [0.4, 0.5) is 11.4 Å². The van der Waals surface area contributed by atoms with Gasteiger partial charge in [-0.15, -0.1) is 0 Å². The third-order valence-electron chi connectivity index (χ3n) is 8.23. The van der Waals surface area contributed by atoms with Gasteiger partial charge in [0, 0.05) is 25.9 Å². The summed E-state index contributed by atoms with van der Waals surface area (Å²) in [5.74, 6) is 0. The number of benzene rings is 8. The smallest absolute Gasteiger partial charge is 0.423 e. The molecule has 0 aliphatic heterocycles. The Morgan fingerprint density at radius 1 is 0.408 bits per heavy atom. The molecule has 8 aromatic carbocycles. The van der Waals surface area contributed by atoms with E-state index < -0.39 is 7.12 Å². The third kappa shape index (κ3) is 8.39. The molecule has 0 unspecified atom stereocenters. The highest BCUT2D eigenvalue weighted by atomic mass is 79.9. The first kappa shape index (κ1) is 34.0. The zero-order chi connectivity index (χ0) is 34.3. The maximum absolute atomic E-state index is 8.94. The minimum Gasteiger partial charge on any atom is -0.423 e. The first-order valence-electron chi connectivity index (χ1n) is 15.7. The monoisotopic (exact) mass is 766 g/mol. The number of hydrogen-bond donors (Lipinski definition) is 4. The summed E-state index contributed by atoms with van der Waals surface area (Å²) in [6, 6.07) is 55.1. The second-order valence-corrected chi connectivity index (χ2v) is 13.3. The van der Waals surface area contributed by atoms with Crippen molar-refractivity contribution in [2.75, 3.05) is 11.5 Å². The molecule has 0 saturated carbocycles. The predicted octanol–water partition coefficient (Wildman–Crippen LogP) is 10.2. The first-order valence-corrected chi connectivity index (χ1v) is 17.3. The van der Waals surface area contributed by atoms with Gasteiger partial charge in [0.25, 0.3) is 0 Å². The van der Waals surface area contributed by atoms with E-state index >= 15 is 0 Å². The van der Waals surface area contributed by atoms with Gasteiger partial charge < -0.3 is 21.5 Å². The second-order valence-electron chi connectivity index (χ2n) is 11.6.